The Balaban J connectivity index is 3.73. The zero-order valence-electron chi connectivity index (χ0n) is 9.28. The third-order valence-electron chi connectivity index (χ3n) is 1.83. The van der Waals surface area contributed by atoms with E-state index in [2.05, 4.69) is 5.32 Å². The lowest BCUT2D eigenvalue weighted by molar-refractivity contribution is -0.130. The summed E-state index contributed by atoms with van der Waals surface area (Å²) in [6.07, 6.45) is -0.572. The zero-order chi connectivity index (χ0) is 11.1. The first-order valence-corrected chi connectivity index (χ1v) is 4.60. The fourth-order valence-electron chi connectivity index (χ4n) is 1.04. The summed E-state index contributed by atoms with van der Waals surface area (Å²) in [7, 11) is 4.93. The number of rotatable bonds is 6. The normalized spacial score (nSPS) is 14.9. The molecule has 0 aromatic heterocycles. The van der Waals surface area contributed by atoms with Gasteiger partial charge in [-0.05, 0) is 6.92 Å². The third-order valence-corrected chi connectivity index (χ3v) is 1.83. The van der Waals surface area contributed by atoms with E-state index in [1.807, 2.05) is 0 Å². The summed E-state index contributed by atoms with van der Waals surface area (Å²) >= 11 is 0. The highest BCUT2D eigenvalue weighted by atomic mass is 16.5. The van der Waals surface area contributed by atoms with Gasteiger partial charge in [-0.15, -0.1) is 0 Å². The van der Waals surface area contributed by atoms with Crippen LogP contribution in [-0.4, -0.2) is 62.4 Å². The van der Waals surface area contributed by atoms with Crippen molar-refractivity contribution in [1.82, 2.24) is 10.2 Å². The summed E-state index contributed by atoms with van der Waals surface area (Å²) in [6, 6.07) is -0.281. The maximum absolute atomic E-state index is 11.4. The van der Waals surface area contributed by atoms with Gasteiger partial charge in [0.25, 0.3) is 0 Å². The summed E-state index contributed by atoms with van der Waals surface area (Å²) < 4.78 is 4.76. The van der Waals surface area contributed by atoms with Crippen molar-refractivity contribution >= 4 is 5.91 Å². The molecule has 0 radical (unpaired) electrons. The standard InChI is InChI=1S/C9H20N2O3/c1-7(9(13)11(2)3)10-5-8(12)6-14-4/h7-8,10,12H,5-6H2,1-4H3. The number of nitrogens with one attached hydrogen (secondary N) is 1. The molecule has 2 atom stereocenters. The van der Waals surface area contributed by atoms with Gasteiger partial charge in [0.05, 0.1) is 18.8 Å². The minimum absolute atomic E-state index is 0.00498. The Morgan fingerprint density at radius 1 is 1.57 bits per heavy atom. The van der Waals surface area contributed by atoms with Crippen LogP contribution < -0.4 is 5.32 Å². The Morgan fingerprint density at radius 3 is 2.57 bits per heavy atom. The lowest BCUT2D eigenvalue weighted by Crippen LogP contribution is -2.44. The van der Waals surface area contributed by atoms with E-state index in [1.165, 1.54) is 12.0 Å². The molecule has 0 saturated heterocycles. The molecular formula is C9H20N2O3. The predicted octanol–water partition coefficient (Wildman–Crippen LogP) is -0.940. The van der Waals surface area contributed by atoms with Gasteiger partial charge in [0.2, 0.25) is 5.91 Å². The van der Waals surface area contributed by atoms with E-state index in [4.69, 9.17) is 4.74 Å². The lowest BCUT2D eigenvalue weighted by atomic mass is 10.2. The molecule has 0 aliphatic carbocycles. The van der Waals surface area contributed by atoms with Crippen LogP contribution in [0.5, 0.6) is 0 Å². The Morgan fingerprint density at radius 2 is 2.14 bits per heavy atom. The fourth-order valence-corrected chi connectivity index (χ4v) is 1.04. The molecule has 2 unspecified atom stereocenters. The van der Waals surface area contributed by atoms with Gasteiger partial charge >= 0.3 is 0 Å². The SMILES string of the molecule is COCC(O)CNC(C)C(=O)N(C)C. The molecule has 0 spiro atoms. The highest BCUT2D eigenvalue weighted by Crippen LogP contribution is 1.89. The topological polar surface area (TPSA) is 61.8 Å². The number of amides is 1. The van der Waals surface area contributed by atoms with Gasteiger partial charge in [0.1, 0.15) is 0 Å². The van der Waals surface area contributed by atoms with E-state index in [9.17, 15) is 9.90 Å². The van der Waals surface area contributed by atoms with Crippen molar-refractivity contribution in [3.63, 3.8) is 0 Å². The second-order valence-corrected chi connectivity index (χ2v) is 3.47. The van der Waals surface area contributed by atoms with E-state index in [0.717, 1.165) is 0 Å². The number of hydrogen-bond acceptors (Lipinski definition) is 4. The van der Waals surface area contributed by atoms with E-state index < -0.39 is 6.10 Å². The number of likely N-dealkylation sites (N-methyl/N-ethyl adjacent to an activating group) is 1. The first-order valence-electron chi connectivity index (χ1n) is 4.60. The minimum Gasteiger partial charge on any atom is -0.389 e. The average Bonchev–Trinajstić information content (AvgIpc) is 2.13. The molecule has 5 heteroatoms. The number of nitrogens with zero attached hydrogens (tertiary/aromatic N) is 1. The molecule has 0 saturated carbocycles. The van der Waals surface area contributed by atoms with Crippen molar-refractivity contribution in [1.29, 1.82) is 0 Å². The molecule has 0 aliphatic heterocycles. The van der Waals surface area contributed by atoms with Crippen molar-refractivity contribution < 1.29 is 14.6 Å². The molecule has 84 valence electrons. The molecule has 5 nitrogen and oxygen atoms in total. The molecule has 0 bridgehead atoms. The van der Waals surface area contributed by atoms with Crippen LogP contribution in [0, 0.1) is 0 Å². The number of ether oxygens (including phenoxy) is 1. The van der Waals surface area contributed by atoms with Crippen LogP contribution in [0.25, 0.3) is 0 Å². The number of carbonyl (C=O) groups is 1. The van der Waals surface area contributed by atoms with E-state index in [-0.39, 0.29) is 18.6 Å². The Bertz CT molecular complexity index is 173. The first-order chi connectivity index (χ1) is 6.49. The number of aliphatic hydroxyl groups is 1. The van der Waals surface area contributed by atoms with E-state index >= 15 is 0 Å². The van der Waals surface area contributed by atoms with Crippen LogP contribution in [0.1, 0.15) is 6.92 Å². The highest BCUT2D eigenvalue weighted by Gasteiger charge is 2.15. The van der Waals surface area contributed by atoms with E-state index in [0.29, 0.717) is 6.54 Å². The van der Waals surface area contributed by atoms with Crippen LogP contribution in [-0.2, 0) is 9.53 Å². The van der Waals surface area contributed by atoms with Crippen LogP contribution in [0.15, 0.2) is 0 Å². The molecule has 2 N–H and O–H groups in total. The van der Waals surface area contributed by atoms with Gasteiger partial charge in [0, 0.05) is 27.7 Å². The van der Waals surface area contributed by atoms with Gasteiger partial charge in [-0.1, -0.05) is 0 Å². The first kappa shape index (κ1) is 13.4. The smallest absolute Gasteiger partial charge is 0.238 e. The maximum Gasteiger partial charge on any atom is 0.238 e. The highest BCUT2D eigenvalue weighted by molar-refractivity contribution is 5.80. The molecule has 0 aliphatic rings. The Hall–Kier alpha value is -0.650. The molecule has 1 amide bonds. The summed E-state index contributed by atoms with van der Waals surface area (Å²) in [5.41, 5.74) is 0. The van der Waals surface area contributed by atoms with Crippen molar-refractivity contribution in [2.75, 3.05) is 34.4 Å². The molecule has 0 aromatic carbocycles. The molecule has 0 fully saturated rings. The van der Waals surface area contributed by atoms with Crippen molar-refractivity contribution in [2.24, 2.45) is 0 Å². The molecule has 0 heterocycles. The van der Waals surface area contributed by atoms with Gasteiger partial charge in [0.15, 0.2) is 0 Å². The van der Waals surface area contributed by atoms with Crippen molar-refractivity contribution in [3.05, 3.63) is 0 Å². The number of carbonyl (C=O) groups excluding carboxylic acids is 1. The average molecular weight is 204 g/mol. The molecule has 0 rings (SSSR count). The van der Waals surface area contributed by atoms with Gasteiger partial charge in [-0.2, -0.15) is 0 Å². The zero-order valence-corrected chi connectivity index (χ0v) is 9.28. The van der Waals surface area contributed by atoms with Crippen LogP contribution in [0.2, 0.25) is 0 Å². The van der Waals surface area contributed by atoms with Crippen LogP contribution in [0.4, 0.5) is 0 Å². The van der Waals surface area contributed by atoms with Crippen molar-refractivity contribution in [3.8, 4) is 0 Å². The monoisotopic (exact) mass is 204 g/mol. The summed E-state index contributed by atoms with van der Waals surface area (Å²) in [6.45, 7) is 2.40. The van der Waals surface area contributed by atoms with Crippen molar-refractivity contribution in [2.45, 2.75) is 19.1 Å². The molecule has 14 heavy (non-hydrogen) atoms. The lowest BCUT2D eigenvalue weighted by Gasteiger charge is -2.19. The Kier molecular flexibility index (Phi) is 6.44. The largest absolute Gasteiger partial charge is 0.389 e. The summed E-state index contributed by atoms with van der Waals surface area (Å²) in [4.78, 5) is 12.9. The maximum atomic E-state index is 11.4. The minimum atomic E-state index is -0.572. The second kappa shape index (κ2) is 6.75. The van der Waals surface area contributed by atoms with Crippen LogP contribution >= 0.6 is 0 Å². The summed E-state index contributed by atoms with van der Waals surface area (Å²) in [5, 5.41) is 12.2. The number of methoxy groups -OCH3 is 1. The number of hydrogen-bond donors (Lipinski definition) is 2. The van der Waals surface area contributed by atoms with E-state index in [1.54, 1.807) is 21.0 Å². The quantitative estimate of drug-likeness (QED) is 0.586. The Labute approximate surface area is 85.0 Å². The van der Waals surface area contributed by atoms with Gasteiger partial charge in [-0.3, -0.25) is 4.79 Å². The van der Waals surface area contributed by atoms with Gasteiger partial charge in [-0.25, -0.2) is 0 Å². The van der Waals surface area contributed by atoms with Gasteiger partial charge < -0.3 is 20.1 Å². The predicted molar refractivity (Wildman–Crippen MR) is 54.0 cm³/mol. The van der Waals surface area contributed by atoms with Crippen LogP contribution in [0.3, 0.4) is 0 Å². The fraction of sp³-hybridized carbons (Fsp3) is 0.889. The third kappa shape index (κ3) is 5.16. The summed E-state index contributed by atoms with van der Waals surface area (Å²) in [5.74, 6) is -0.00498. The number of aliphatic hydroxyl groups excluding tert-OH is 1. The second-order valence-electron chi connectivity index (χ2n) is 3.47. The molecular weight excluding hydrogens is 184 g/mol. The molecule has 0 aromatic rings.